The fourth-order valence-electron chi connectivity index (χ4n) is 2.19. The van der Waals surface area contributed by atoms with E-state index < -0.39 is 5.97 Å². The molecule has 1 heterocycles. The van der Waals surface area contributed by atoms with Crippen molar-refractivity contribution in [3.63, 3.8) is 0 Å². The number of carbonyl (C=O) groups is 1. The number of hydrogen-bond donors (Lipinski definition) is 1. The third-order valence-corrected chi connectivity index (χ3v) is 3.24. The van der Waals surface area contributed by atoms with Gasteiger partial charge in [0.25, 0.3) is 0 Å². The van der Waals surface area contributed by atoms with E-state index in [1.807, 2.05) is 4.90 Å². The fraction of sp³-hybridized carbons (Fsp3) is 0.400. The van der Waals surface area contributed by atoms with Gasteiger partial charge in [-0.25, -0.2) is 9.18 Å². The second-order valence-electron chi connectivity index (χ2n) is 4.73. The Balaban J connectivity index is 2.02. The van der Waals surface area contributed by atoms with E-state index in [2.05, 4.69) is 0 Å². The van der Waals surface area contributed by atoms with Gasteiger partial charge in [0.15, 0.2) is 0 Å². The number of halogens is 1. The van der Waals surface area contributed by atoms with Gasteiger partial charge in [-0.15, -0.1) is 0 Å². The molecule has 1 aromatic carbocycles. The Morgan fingerprint density at radius 1 is 1.40 bits per heavy atom. The molecule has 0 unspecified atom stereocenters. The lowest BCUT2D eigenvalue weighted by molar-refractivity contribution is -0.139. The summed E-state index contributed by atoms with van der Waals surface area (Å²) in [5.74, 6) is -0.621. The van der Waals surface area contributed by atoms with Gasteiger partial charge in [-0.05, 0) is 24.6 Å². The van der Waals surface area contributed by atoms with E-state index in [9.17, 15) is 14.3 Å². The number of hydrogen-bond acceptors (Lipinski definition) is 4. The average molecular weight is 279 g/mol. The van der Waals surface area contributed by atoms with Crippen LogP contribution in [0.5, 0.6) is 0 Å². The molecular formula is C15H18FNO3. The zero-order valence-corrected chi connectivity index (χ0v) is 11.4. The van der Waals surface area contributed by atoms with Crippen LogP contribution in [0.1, 0.15) is 18.9 Å². The van der Waals surface area contributed by atoms with E-state index in [1.165, 1.54) is 12.1 Å². The molecule has 0 amide bonds. The van der Waals surface area contributed by atoms with Gasteiger partial charge >= 0.3 is 5.97 Å². The molecular weight excluding hydrogens is 261 g/mol. The van der Waals surface area contributed by atoms with Crippen LogP contribution in [0.2, 0.25) is 0 Å². The van der Waals surface area contributed by atoms with E-state index in [4.69, 9.17) is 4.74 Å². The number of aliphatic hydroxyl groups excluding tert-OH is 1. The molecule has 1 N–H and O–H groups in total. The first kappa shape index (κ1) is 14.5. The number of ether oxygens (including phenoxy) is 1. The highest BCUT2D eigenvalue weighted by Crippen LogP contribution is 2.19. The van der Waals surface area contributed by atoms with Crippen LogP contribution in [-0.2, 0) is 16.1 Å². The lowest BCUT2D eigenvalue weighted by atomic mass is 10.1. The largest absolute Gasteiger partial charge is 0.512 e. The summed E-state index contributed by atoms with van der Waals surface area (Å²) in [5.41, 5.74) is 1.29. The average Bonchev–Trinajstić information content (AvgIpc) is 2.43. The third kappa shape index (κ3) is 3.57. The number of aliphatic hydroxyl groups is 1. The van der Waals surface area contributed by atoms with Crippen molar-refractivity contribution >= 4 is 5.97 Å². The summed E-state index contributed by atoms with van der Waals surface area (Å²) in [6.07, 6.45) is 0.426. The standard InChI is InChI=1S/C15H18FNO3/c1-2-20-15(19)13-10-17(8-7-14(13)18)9-11-3-5-12(16)6-4-11/h3-6,18H,2,7-10H2,1H3. The molecule has 0 aromatic heterocycles. The summed E-state index contributed by atoms with van der Waals surface area (Å²) < 4.78 is 17.8. The van der Waals surface area contributed by atoms with Gasteiger partial charge in [0.2, 0.25) is 0 Å². The molecule has 0 aliphatic carbocycles. The Labute approximate surface area is 117 Å². The van der Waals surface area contributed by atoms with Gasteiger partial charge in [-0.1, -0.05) is 12.1 Å². The zero-order chi connectivity index (χ0) is 14.5. The summed E-state index contributed by atoms with van der Waals surface area (Å²) in [6, 6.07) is 6.27. The van der Waals surface area contributed by atoms with Crippen LogP contribution < -0.4 is 0 Å². The minimum absolute atomic E-state index is 0.110. The van der Waals surface area contributed by atoms with Crippen LogP contribution in [0.3, 0.4) is 0 Å². The molecule has 0 fully saturated rings. The van der Waals surface area contributed by atoms with Crippen molar-refractivity contribution < 1.29 is 19.0 Å². The third-order valence-electron chi connectivity index (χ3n) is 3.24. The number of rotatable bonds is 4. The minimum Gasteiger partial charge on any atom is -0.512 e. The molecule has 1 aliphatic heterocycles. The smallest absolute Gasteiger partial charge is 0.338 e. The van der Waals surface area contributed by atoms with Crippen molar-refractivity contribution in [1.82, 2.24) is 4.90 Å². The fourth-order valence-corrected chi connectivity index (χ4v) is 2.19. The van der Waals surface area contributed by atoms with Crippen LogP contribution >= 0.6 is 0 Å². The van der Waals surface area contributed by atoms with Crippen molar-refractivity contribution in [3.8, 4) is 0 Å². The molecule has 0 bridgehead atoms. The molecule has 4 nitrogen and oxygen atoms in total. The summed E-state index contributed by atoms with van der Waals surface area (Å²) in [7, 11) is 0. The Bertz CT molecular complexity index is 510. The van der Waals surface area contributed by atoms with Gasteiger partial charge in [0.05, 0.1) is 12.2 Å². The zero-order valence-electron chi connectivity index (χ0n) is 11.4. The Kier molecular flexibility index (Phi) is 4.74. The molecule has 1 aliphatic rings. The molecule has 5 heteroatoms. The topological polar surface area (TPSA) is 49.8 Å². The molecule has 20 heavy (non-hydrogen) atoms. The van der Waals surface area contributed by atoms with Crippen LogP contribution in [0.15, 0.2) is 35.6 Å². The molecule has 2 rings (SSSR count). The molecule has 108 valence electrons. The Morgan fingerprint density at radius 3 is 2.75 bits per heavy atom. The lowest BCUT2D eigenvalue weighted by Crippen LogP contribution is -2.34. The highest BCUT2D eigenvalue weighted by atomic mass is 19.1. The predicted molar refractivity (Wildman–Crippen MR) is 72.6 cm³/mol. The minimum atomic E-state index is -0.464. The first-order valence-electron chi connectivity index (χ1n) is 6.65. The normalized spacial score (nSPS) is 16.3. The molecule has 0 radical (unpaired) electrons. The second-order valence-corrected chi connectivity index (χ2v) is 4.73. The van der Waals surface area contributed by atoms with E-state index in [1.54, 1.807) is 19.1 Å². The highest BCUT2D eigenvalue weighted by molar-refractivity contribution is 5.89. The molecule has 0 spiro atoms. The van der Waals surface area contributed by atoms with Crippen LogP contribution in [0.4, 0.5) is 4.39 Å². The summed E-state index contributed by atoms with van der Waals surface area (Å²) >= 11 is 0. The first-order valence-corrected chi connectivity index (χ1v) is 6.65. The maximum absolute atomic E-state index is 12.9. The predicted octanol–water partition coefficient (Wildman–Crippen LogP) is 2.41. The SMILES string of the molecule is CCOC(=O)C1=C(O)CCN(Cc2ccc(F)cc2)C1. The van der Waals surface area contributed by atoms with Gasteiger partial charge in [0, 0.05) is 26.1 Å². The van der Waals surface area contributed by atoms with Crippen LogP contribution in [0, 0.1) is 5.82 Å². The van der Waals surface area contributed by atoms with E-state index in [0.717, 1.165) is 5.56 Å². The quantitative estimate of drug-likeness (QED) is 0.860. The Morgan fingerprint density at radius 2 is 2.10 bits per heavy atom. The number of esters is 1. The van der Waals surface area contributed by atoms with E-state index in [-0.39, 0.29) is 18.2 Å². The van der Waals surface area contributed by atoms with Crippen LogP contribution in [0.25, 0.3) is 0 Å². The first-order chi connectivity index (χ1) is 9.60. The Hall–Kier alpha value is -1.88. The number of carbonyl (C=O) groups excluding carboxylic acids is 1. The molecule has 0 saturated carbocycles. The summed E-state index contributed by atoms with van der Waals surface area (Å²) in [4.78, 5) is 13.8. The van der Waals surface area contributed by atoms with Crippen LogP contribution in [-0.4, -0.2) is 35.7 Å². The van der Waals surface area contributed by atoms with Gasteiger partial charge in [0.1, 0.15) is 11.6 Å². The maximum atomic E-state index is 12.9. The maximum Gasteiger partial charge on any atom is 0.338 e. The summed E-state index contributed by atoms with van der Waals surface area (Å²) in [5, 5.41) is 9.79. The van der Waals surface area contributed by atoms with E-state index in [0.29, 0.717) is 31.6 Å². The van der Waals surface area contributed by atoms with Crippen molar-refractivity contribution in [1.29, 1.82) is 0 Å². The second kappa shape index (κ2) is 6.52. The monoisotopic (exact) mass is 279 g/mol. The number of nitrogens with zero attached hydrogens (tertiary/aromatic N) is 1. The molecule has 0 saturated heterocycles. The van der Waals surface area contributed by atoms with Crippen molar-refractivity contribution in [2.24, 2.45) is 0 Å². The van der Waals surface area contributed by atoms with Gasteiger partial charge in [-0.3, -0.25) is 4.90 Å². The lowest BCUT2D eigenvalue weighted by Gasteiger charge is -2.27. The van der Waals surface area contributed by atoms with Crippen molar-refractivity contribution in [2.75, 3.05) is 19.7 Å². The highest BCUT2D eigenvalue weighted by Gasteiger charge is 2.24. The van der Waals surface area contributed by atoms with Crippen molar-refractivity contribution in [2.45, 2.75) is 19.9 Å². The van der Waals surface area contributed by atoms with Gasteiger partial charge in [-0.2, -0.15) is 0 Å². The molecule has 0 atom stereocenters. The van der Waals surface area contributed by atoms with Gasteiger partial charge < -0.3 is 9.84 Å². The van der Waals surface area contributed by atoms with E-state index >= 15 is 0 Å². The number of benzene rings is 1. The molecule has 1 aromatic rings. The van der Waals surface area contributed by atoms with Crippen molar-refractivity contribution in [3.05, 3.63) is 47.0 Å². The summed E-state index contributed by atoms with van der Waals surface area (Å²) in [6.45, 7) is 3.63.